The van der Waals surface area contributed by atoms with Crippen LogP contribution in [0.1, 0.15) is 15.2 Å². The molecule has 1 aromatic heterocycles. The zero-order valence-corrected chi connectivity index (χ0v) is 16.7. The maximum atomic E-state index is 13.9. The molecule has 2 aliphatic rings. The Balaban J connectivity index is 1.25. The standard InChI is InChI=1S/C21H26FN3O2S/c22-20-6-2-1-5-19(20)21(26)25-9-7-23(8-10-25)14-17-15-24(11-12-27-17)16-18-4-3-13-28-18/h1-6,13,17H,7-12,14-16H2. The molecule has 4 rings (SSSR count). The van der Waals surface area contributed by atoms with Crippen molar-refractivity contribution in [2.45, 2.75) is 12.6 Å². The van der Waals surface area contributed by atoms with Gasteiger partial charge in [0.25, 0.3) is 5.91 Å². The zero-order valence-electron chi connectivity index (χ0n) is 15.9. The van der Waals surface area contributed by atoms with Crippen molar-refractivity contribution in [3.8, 4) is 0 Å². The third-order valence-corrected chi connectivity index (χ3v) is 6.27. The molecule has 0 saturated carbocycles. The molecule has 1 amide bonds. The SMILES string of the molecule is O=C(c1ccccc1F)N1CCN(CC2CN(Cc3cccs3)CCO2)CC1. The molecule has 2 aromatic rings. The van der Waals surface area contributed by atoms with Gasteiger partial charge >= 0.3 is 0 Å². The maximum Gasteiger partial charge on any atom is 0.256 e. The molecule has 2 aliphatic heterocycles. The van der Waals surface area contributed by atoms with Crippen LogP contribution in [0.2, 0.25) is 0 Å². The van der Waals surface area contributed by atoms with Crippen LogP contribution in [0.5, 0.6) is 0 Å². The molecule has 0 radical (unpaired) electrons. The van der Waals surface area contributed by atoms with E-state index in [0.717, 1.165) is 45.9 Å². The fourth-order valence-corrected chi connectivity index (χ4v) is 4.63. The van der Waals surface area contributed by atoms with Gasteiger partial charge in [-0.3, -0.25) is 14.6 Å². The van der Waals surface area contributed by atoms with E-state index in [2.05, 4.69) is 27.3 Å². The van der Waals surface area contributed by atoms with Gasteiger partial charge in [0.2, 0.25) is 0 Å². The number of hydrogen-bond acceptors (Lipinski definition) is 5. The maximum absolute atomic E-state index is 13.9. The van der Waals surface area contributed by atoms with Crippen molar-refractivity contribution in [2.24, 2.45) is 0 Å². The van der Waals surface area contributed by atoms with Gasteiger partial charge in [-0.2, -0.15) is 0 Å². The quantitative estimate of drug-likeness (QED) is 0.769. The lowest BCUT2D eigenvalue weighted by molar-refractivity contribution is -0.0494. The Labute approximate surface area is 169 Å². The average Bonchev–Trinajstić information content (AvgIpc) is 3.22. The highest BCUT2D eigenvalue weighted by Crippen LogP contribution is 2.17. The number of carbonyl (C=O) groups is 1. The van der Waals surface area contributed by atoms with E-state index in [1.54, 1.807) is 34.4 Å². The lowest BCUT2D eigenvalue weighted by Gasteiger charge is -2.39. The van der Waals surface area contributed by atoms with E-state index < -0.39 is 5.82 Å². The fraction of sp³-hybridized carbons (Fsp3) is 0.476. The van der Waals surface area contributed by atoms with E-state index >= 15 is 0 Å². The number of rotatable bonds is 5. The van der Waals surface area contributed by atoms with Crippen molar-refractivity contribution >= 4 is 17.2 Å². The van der Waals surface area contributed by atoms with Crippen LogP contribution >= 0.6 is 11.3 Å². The topological polar surface area (TPSA) is 36.0 Å². The first-order chi connectivity index (χ1) is 13.7. The third kappa shape index (κ3) is 4.78. The van der Waals surface area contributed by atoms with Crippen molar-refractivity contribution in [1.29, 1.82) is 0 Å². The number of morpholine rings is 1. The molecule has 0 aliphatic carbocycles. The van der Waals surface area contributed by atoms with Gasteiger partial charge in [-0.25, -0.2) is 4.39 Å². The first-order valence-corrected chi connectivity index (χ1v) is 10.7. The predicted octanol–water partition coefficient (Wildman–Crippen LogP) is 2.55. The van der Waals surface area contributed by atoms with Gasteiger partial charge in [0.15, 0.2) is 0 Å². The molecule has 2 fully saturated rings. The number of halogens is 1. The number of amides is 1. The number of nitrogens with zero attached hydrogens (tertiary/aromatic N) is 3. The highest BCUT2D eigenvalue weighted by molar-refractivity contribution is 7.09. The molecular formula is C21H26FN3O2S. The number of ether oxygens (including phenoxy) is 1. The van der Waals surface area contributed by atoms with E-state index in [-0.39, 0.29) is 17.6 Å². The fourth-order valence-electron chi connectivity index (χ4n) is 3.88. The summed E-state index contributed by atoms with van der Waals surface area (Å²) >= 11 is 1.80. The van der Waals surface area contributed by atoms with Crippen molar-refractivity contribution in [1.82, 2.24) is 14.7 Å². The van der Waals surface area contributed by atoms with Gasteiger partial charge in [-0.05, 0) is 23.6 Å². The molecule has 0 bridgehead atoms. The third-order valence-electron chi connectivity index (χ3n) is 5.41. The number of thiophene rings is 1. The molecule has 5 nitrogen and oxygen atoms in total. The summed E-state index contributed by atoms with van der Waals surface area (Å²) in [6.07, 6.45) is 0.197. The summed E-state index contributed by atoms with van der Waals surface area (Å²) in [5.41, 5.74) is 0.163. The molecule has 2 saturated heterocycles. The first-order valence-electron chi connectivity index (χ1n) is 9.81. The molecule has 1 aromatic carbocycles. The Hall–Kier alpha value is -1.80. The number of piperazine rings is 1. The summed E-state index contributed by atoms with van der Waals surface area (Å²) < 4.78 is 19.9. The van der Waals surface area contributed by atoms with Crippen LogP contribution in [0.3, 0.4) is 0 Å². The Morgan fingerprint density at radius 1 is 1.07 bits per heavy atom. The predicted molar refractivity (Wildman–Crippen MR) is 108 cm³/mol. The summed E-state index contributed by atoms with van der Waals surface area (Å²) in [5, 5.41) is 2.12. The Bertz CT molecular complexity index is 778. The smallest absolute Gasteiger partial charge is 0.256 e. The highest BCUT2D eigenvalue weighted by Gasteiger charge is 2.27. The average molecular weight is 404 g/mol. The minimum absolute atomic E-state index is 0.163. The van der Waals surface area contributed by atoms with Crippen LogP contribution in [-0.4, -0.2) is 79.1 Å². The first kappa shape index (κ1) is 19.5. The molecule has 7 heteroatoms. The van der Waals surface area contributed by atoms with Crippen molar-refractivity contribution < 1.29 is 13.9 Å². The van der Waals surface area contributed by atoms with Crippen LogP contribution in [0.25, 0.3) is 0 Å². The molecule has 1 unspecified atom stereocenters. The molecule has 3 heterocycles. The lowest BCUT2D eigenvalue weighted by atomic mass is 10.1. The molecule has 0 N–H and O–H groups in total. The zero-order chi connectivity index (χ0) is 19.3. The molecular weight excluding hydrogens is 377 g/mol. The highest BCUT2D eigenvalue weighted by atomic mass is 32.1. The number of hydrogen-bond donors (Lipinski definition) is 0. The van der Waals surface area contributed by atoms with Gasteiger partial charge in [0, 0.05) is 57.2 Å². The molecule has 28 heavy (non-hydrogen) atoms. The van der Waals surface area contributed by atoms with E-state index in [0.29, 0.717) is 13.1 Å². The summed E-state index contributed by atoms with van der Waals surface area (Å²) in [4.78, 5) is 20.5. The normalized spacial score (nSPS) is 21.8. The lowest BCUT2D eigenvalue weighted by Crippen LogP contribution is -2.53. The van der Waals surface area contributed by atoms with Crippen LogP contribution in [-0.2, 0) is 11.3 Å². The van der Waals surface area contributed by atoms with Gasteiger partial charge in [0.05, 0.1) is 18.3 Å². The van der Waals surface area contributed by atoms with Crippen LogP contribution in [0.4, 0.5) is 4.39 Å². The summed E-state index contributed by atoms with van der Waals surface area (Å²) in [7, 11) is 0. The van der Waals surface area contributed by atoms with Crippen molar-refractivity contribution in [3.63, 3.8) is 0 Å². The summed E-state index contributed by atoms with van der Waals surface area (Å²) in [6.45, 7) is 7.38. The Kier molecular flexibility index (Phi) is 6.36. The van der Waals surface area contributed by atoms with Gasteiger partial charge in [-0.1, -0.05) is 18.2 Å². The van der Waals surface area contributed by atoms with Gasteiger partial charge < -0.3 is 9.64 Å². The van der Waals surface area contributed by atoms with E-state index in [4.69, 9.17) is 4.74 Å². The van der Waals surface area contributed by atoms with Gasteiger partial charge in [-0.15, -0.1) is 11.3 Å². The second-order valence-electron chi connectivity index (χ2n) is 7.38. The van der Waals surface area contributed by atoms with Crippen LogP contribution in [0.15, 0.2) is 41.8 Å². The van der Waals surface area contributed by atoms with E-state index in [1.807, 2.05) is 0 Å². The monoisotopic (exact) mass is 403 g/mol. The van der Waals surface area contributed by atoms with Gasteiger partial charge in [0.1, 0.15) is 5.82 Å². The van der Waals surface area contributed by atoms with Crippen molar-refractivity contribution in [2.75, 3.05) is 52.4 Å². The van der Waals surface area contributed by atoms with E-state index in [1.165, 1.54) is 10.9 Å². The number of benzene rings is 1. The van der Waals surface area contributed by atoms with Crippen LogP contribution in [0, 0.1) is 5.82 Å². The number of carbonyl (C=O) groups excluding carboxylic acids is 1. The molecule has 0 spiro atoms. The molecule has 1 atom stereocenters. The molecule has 150 valence electrons. The summed E-state index contributed by atoms with van der Waals surface area (Å²) in [6, 6.07) is 10.5. The van der Waals surface area contributed by atoms with E-state index in [9.17, 15) is 9.18 Å². The minimum Gasteiger partial charge on any atom is -0.374 e. The summed E-state index contributed by atoms with van der Waals surface area (Å²) in [5.74, 6) is -0.662. The Morgan fingerprint density at radius 3 is 2.64 bits per heavy atom. The second-order valence-corrected chi connectivity index (χ2v) is 8.41. The van der Waals surface area contributed by atoms with Crippen molar-refractivity contribution in [3.05, 3.63) is 58.0 Å². The Morgan fingerprint density at radius 2 is 1.89 bits per heavy atom. The van der Waals surface area contributed by atoms with Crippen LogP contribution < -0.4 is 0 Å². The minimum atomic E-state index is -0.448. The second kappa shape index (κ2) is 9.13. The largest absolute Gasteiger partial charge is 0.374 e.